The molecule has 8 heteroatoms. The SMILES string of the molecule is CC(C)COC1C[C@H](N2C=C(I)C(=O)N(C)C2O)OC1CO. The van der Waals surface area contributed by atoms with Gasteiger partial charge in [-0.1, -0.05) is 13.8 Å². The van der Waals surface area contributed by atoms with Gasteiger partial charge >= 0.3 is 0 Å². The van der Waals surface area contributed by atoms with Crippen molar-refractivity contribution in [1.82, 2.24) is 9.80 Å². The zero-order chi connectivity index (χ0) is 16.4. The molecule has 2 aliphatic heterocycles. The zero-order valence-corrected chi connectivity index (χ0v) is 15.1. The van der Waals surface area contributed by atoms with Crippen molar-refractivity contribution in [1.29, 1.82) is 0 Å². The van der Waals surface area contributed by atoms with Crippen LogP contribution >= 0.6 is 22.6 Å². The first-order valence-corrected chi connectivity index (χ1v) is 8.41. The second-order valence-electron chi connectivity index (χ2n) is 6.00. The van der Waals surface area contributed by atoms with Gasteiger partial charge in [0.25, 0.3) is 5.91 Å². The number of carbonyl (C=O) groups is 1. The summed E-state index contributed by atoms with van der Waals surface area (Å²) in [6, 6.07) is 0. The molecule has 2 rings (SSSR count). The molecular weight excluding hydrogens is 403 g/mol. The van der Waals surface area contributed by atoms with Gasteiger partial charge in [-0.05, 0) is 28.5 Å². The summed E-state index contributed by atoms with van der Waals surface area (Å²) in [6.07, 6.45) is -0.0537. The minimum atomic E-state index is -1.08. The Morgan fingerprint density at radius 1 is 1.55 bits per heavy atom. The smallest absolute Gasteiger partial charge is 0.264 e. The van der Waals surface area contributed by atoms with E-state index in [1.54, 1.807) is 11.1 Å². The predicted molar refractivity (Wildman–Crippen MR) is 87.7 cm³/mol. The number of rotatable bonds is 5. The minimum Gasteiger partial charge on any atom is -0.394 e. The summed E-state index contributed by atoms with van der Waals surface area (Å²) in [5.74, 6) is 0.164. The van der Waals surface area contributed by atoms with Crippen LogP contribution in [0.4, 0.5) is 0 Å². The fourth-order valence-corrected chi connectivity index (χ4v) is 3.20. The van der Waals surface area contributed by atoms with E-state index >= 15 is 0 Å². The minimum absolute atomic E-state index is 0.140. The van der Waals surface area contributed by atoms with Crippen LogP contribution < -0.4 is 0 Å². The lowest BCUT2D eigenvalue weighted by molar-refractivity contribution is -0.175. The summed E-state index contributed by atoms with van der Waals surface area (Å²) < 4.78 is 12.1. The van der Waals surface area contributed by atoms with Crippen molar-refractivity contribution in [2.45, 2.75) is 45.1 Å². The number of carbonyl (C=O) groups excluding carboxylic acids is 1. The van der Waals surface area contributed by atoms with Crippen LogP contribution in [0, 0.1) is 5.92 Å². The van der Waals surface area contributed by atoms with Gasteiger partial charge < -0.3 is 24.6 Å². The highest BCUT2D eigenvalue weighted by Crippen LogP contribution is 2.31. The molecular formula is C14H23IN2O5. The molecule has 0 spiro atoms. The largest absolute Gasteiger partial charge is 0.394 e. The normalized spacial score (nSPS) is 32.9. The molecule has 0 aromatic rings. The zero-order valence-electron chi connectivity index (χ0n) is 13.0. The van der Waals surface area contributed by atoms with E-state index in [-0.39, 0.29) is 18.6 Å². The molecule has 2 heterocycles. The number of amides is 1. The number of hydrogen-bond donors (Lipinski definition) is 2. The van der Waals surface area contributed by atoms with Crippen molar-refractivity contribution < 1.29 is 24.5 Å². The van der Waals surface area contributed by atoms with Crippen molar-refractivity contribution in [2.75, 3.05) is 20.3 Å². The third-order valence-corrected chi connectivity index (χ3v) is 4.48. The molecule has 1 fully saturated rings. The number of aliphatic hydroxyl groups is 2. The van der Waals surface area contributed by atoms with E-state index in [0.29, 0.717) is 22.5 Å². The van der Waals surface area contributed by atoms with E-state index < -0.39 is 18.7 Å². The van der Waals surface area contributed by atoms with Crippen LogP contribution in [-0.2, 0) is 14.3 Å². The topological polar surface area (TPSA) is 82.5 Å². The maximum Gasteiger partial charge on any atom is 0.264 e. The third-order valence-electron chi connectivity index (χ3n) is 3.74. The Hall–Kier alpha value is -0.420. The molecule has 0 bridgehead atoms. The Morgan fingerprint density at radius 3 is 2.82 bits per heavy atom. The van der Waals surface area contributed by atoms with Crippen molar-refractivity contribution in [3.63, 3.8) is 0 Å². The molecule has 0 aromatic carbocycles. The molecule has 22 heavy (non-hydrogen) atoms. The summed E-state index contributed by atoms with van der Waals surface area (Å²) in [5, 5.41) is 19.7. The molecule has 0 radical (unpaired) electrons. The number of hydrogen-bond acceptors (Lipinski definition) is 6. The van der Waals surface area contributed by atoms with E-state index in [2.05, 4.69) is 13.8 Å². The second kappa shape index (κ2) is 7.43. The second-order valence-corrected chi connectivity index (χ2v) is 7.16. The van der Waals surface area contributed by atoms with Crippen LogP contribution in [0.3, 0.4) is 0 Å². The van der Waals surface area contributed by atoms with Crippen molar-refractivity contribution in [3.8, 4) is 0 Å². The first kappa shape index (κ1) is 17.9. The lowest BCUT2D eigenvalue weighted by Gasteiger charge is -2.39. The lowest BCUT2D eigenvalue weighted by Crippen LogP contribution is -2.54. The van der Waals surface area contributed by atoms with Crippen LogP contribution in [0.1, 0.15) is 20.3 Å². The highest BCUT2D eigenvalue weighted by Gasteiger charge is 2.42. The summed E-state index contributed by atoms with van der Waals surface area (Å²) in [5.41, 5.74) is 0. The average molecular weight is 426 g/mol. The Balaban J connectivity index is 2.08. The van der Waals surface area contributed by atoms with Gasteiger partial charge in [-0.3, -0.25) is 9.69 Å². The summed E-state index contributed by atoms with van der Waals surface area (Å²) in [6.45, 7) is 4.56. The molecule has 3 unspecified atom stereocenters. The highest BCUT2D eigenvalue weighted by atomic mass is 127. The van der Waals surface area contributed by atoms with E-state index in [0.717, 1.165) is 0 Å². The van der Waals surface area contributed by atoms with Gasteiger partial charge in [0, 0.05) is 26.3 Å². The molecule has 2 N–H and O–H groups in total. The quantitative estimate of drug-likeness (QED) is 0.622. The molecule has 0 aromatic heterocycles. The molecule has 7 nitrogen and oxygen atoms in total. The van der Waals surface area contributed by atoms with Gasteiger partial charge in [-0.25, -0.2) is 0 Å². The molecule has 4 atom stereocenters. The number of nitrogens with zero attached hydrogens (tertiary/aromatic N) is 2. The first-order chi connectivity index (χ1) is 10.3. The number of ether oxygens (including phenoxy) is 2. The van der Waals surface area contributed by atoms with Gasteiger partial charge in [0.2, 0.25) is 6.35 Å². The van der Waals surface area contributed by atoms with Crippen LogP contribution in [0.15, 0.2) is 9.78 Å². The van der Waals surface area contributed by atoms with E-state index in [1.807, 2.05) is 22.6 Å². The molecule has 1 amide bonds. The van der Waals surface area contributed by atoms with Crippen molar-refractivity contribution >= 4 is 28.5 Å². The summed E-state index contributed by atoms with van der Waals surface area (Å²) in [4.78, 5) is 14.7. The number of likely N-dealkylation sites (N-methyl/N-ethyl adjacent to an activating group) is 1. The fourth-order valence-electron chi connectivity index (χ4n) is 2.50. The van der Waals surface area contributed by atoms with Crippen LogP contribution in [0.5, 0.6) is 0 Å². The maximum absolute atomic E-state index is 11.8. The Morgan fingerprint density at radius 2 is 2.23 bits per heavy atom. The van der Waals surface area contributed by atoms with Gasteiger partial charge in [-0.15, -0.1) is 0 Å². The van der Waals surface area contributed by atoms with Crippen molar-refractivity contribution in [3.05, 3.63) is 9.78 Å². The van der Waals surface area contributed by atoms with E-state index in [1.165, 1.54) is 11.9 Å². The highest BCUT2D eigenvalue weighted by molar-refractivity contribution is 14.1. The average Bonchev–Trinajstić information content (AvgIpc) is 2.89. The monoisotopic (exact) mass is 426 g/mol. The molecule has 126 valence electrons. The lowest BCUT2D eigenvalue weighted by atomic mass is 10.1. The fraction of sp³-hybridized carbons (Fsp3) is 0.786. The standard InChI is InChI=1S/C14H23IN2O5/c1-8(2)7-21-10-4-12(22-11(10)6-18)17-5-9(15)13(19)16(3)14(17)20/h5,8,10-12,14,18,20H,4,6-7H2,1-3H3/t10?,11?,12-,14?/m1/s1. The van der Waals surface area contributed by atoms with Gasteiger partial charge in [0.1, 0.15) is 12.3 Å². The molecule has 0 aliphatic carbocycles. The third kappa shape index (κ3) is 3.73. The van der Waals surface area contributed by atoms with Crippen LogP contribution in [0.2, 0.25) is 0 Å². The summed E-state index contributed by atoms with van der Waals surface area (Å²) >= 11 is 1.94. The van der Waals surface area contributed by atoms with Gasteiger partial charge in [0.05, 0.1) is 16.3 Å². The van der Waals surface area contributed by atoms with Crippen molar-refractivity contribution in [2.24, 2.45) is 5.92 Å². The van der Waals surface area contributed by atoms with Gasteiger partial charge in [0.15, 0.2) is 0 Å². The molecule has 2 aliphatic rings. The van der Waals surface area contributed by atoms with Crippen LogP contribution in [-0.4, -0.2) is 71.0 Å². The Bertz CT molecular complexity index is 445. The van der Waals surface area contributed by atoms with Crippen LogP contribution in [0.25, 0.3) is 0 Å². The van der Waals surface area contributed by atoms with E-state index in [4.69, 9.17) is 9.47 Å². The predicted octanol–water partition coefficient (Wildman–Crippen LogP) is 0.461. The van der Waals surface area contributed by atoms with Gasteiger partial charge in [-0.2, -0.15) is 0 Å². The molecule has 1 saturated heterocycles. The van der Waals surface area contributed by atoms with E-state index in [9.17, 15) is 15.0 Å². The number of aliphatic hydroxyl groups excluding tert-OH is 2. The number of halogens is 1. The Kier molecular flexibility index (Phi) is 6.06. The Labute approximate surface area is 144 Å². The first-order valence-electron chi connectivity index (χ1n) is 7.33. The maximum atomic E-state index is 11.8. The molecule has 0 saturated carbocycles. The summed E-state index contributed by atoms with van der Waals surface area (Å²) in [7, 11) is 1.54.